The Bertz CT molecular complexity index is 555. The summed E-state index contributed by atoms with van der Waals surface area (Å²) in [6.07, 6.45) is 0. The molecule has 0 aromatic heterocycles. The third-order valence-corrected chi connectivity index (χ3v) is 3.50. The Labute approximate surface area is 121 Å². The number of rotatable bonds is 4. The van der Waals surface area contributed by atoms with E-state index in [2.05, 4.69) is 20.8 Å². The van der Waals surface area contributed by atoms with Crippen LogP contribution in [0.5, 0.6) is 0 Å². The van der Waals surface area contributed by atoms with Gasteiger partial charge in [0.2, 0.25) is 0 Å². The van der Waals surface area contributed by atoms with Gasteiger partial charge in [-0.05, 0) is 49.4 Å². The molecule has 0 radical (unpaired) electrons. The van der Waals surface area contributed by atoms with Crippen molar-refractivity contribution in [2.75, 3.05) is 17.2 Å². The first-order valence-electron chi connectivity index (χ1n) is 6.14. The van der Waals surface area contributed by atoms with Gasteiger partial charge in [-0.15, -0.1) is 0 Å². The Hall–Kier alpha value is -1.55. The van der Waals surface area contributed by atoms with Gasteiger partial charge < -0.3 is 10.6 Å². The molecule has 0 aliphatic heterocycles. The molecule has 0 aliphatic rings. The number of benzene rings is 2. The molecule has 2 aromatic carbocycles. The van der Waals surface area contributed by atoms with Crippen molar-refractivity contribution in [2.24, 2.45) is 0 Å². The van der Waals surface area contributed by atoms with Crippen molar-refractivity contribution < 1.29 is 4.39 Å². The van der Waals surface area contributed by atoms with Crippen molar-refractivity contribution >= 4 is 27.3 Å². The number of halogens is 2. The van der Waals surface area contributed by atoms with Crippen molar-refractivity contribution in [2.45, 2.75) is 13.5 Å². The maximum absolute atomic E-state index is 13.8. The first-order valence-corrected chi connectivity index (χ1v) is 6.94. The average Bonchev–Trinajstić information content (AvgIpc) is 2.41. The normalized spacial score (nSPS) is 10.5. The van der Waals surface area contributed by atoms with E-state index in [0.29, 0.717) is 12.1 Å². The summed E-state index contributed by atoms with van der Waals surface area (Å²) in [5, 5.41) is 0. The van der Waals surface area contributed by atoms with Crippen LogP contribution in [0.15, 0.2) is 46.9 Å². The number of hydrogen-bond acceptors (Lipinski definition) is 2. The maximum atomic E-state index is 13.8. The average molecular weight is 323 g/mol. The van der Waals surface area contributed by atoms with Crippen molar-refractivity contribution in [1.29, 1.82) is 0 Å². The van der Waals surface area contributed by atoms with E-state index < -0.39 is 0 Å². The van der Waals surface area contributed by atoms with Gasteiger partial charge in [0.25, 0.3) is 0 Å². The second-order valence-corrected chi connectivity index (χ2v) is 5.26. The predicted molar refractivity (Wildman–Crippen MR) is 81.7 cm³/mol. The number of hydrogen-bond donors (Lipinski definition) is 1. The minimum absolute atomic E-state index is 0.183. The van der Waals surface area contributed by atoms with E-state index in [0.717, 1.165) is 22.4 Å². The number of nitrogens with two attached hydrogens (primary N) is 1. The first-order chi connectivity index (χ1) is 9.10. The van der Waals surface area contributed by atoms with Gasteiger partial charge in [-0.3, -0.25) is 0 Å². The minimum Gasteiger partial charge on any atom is -0.399 e. The predicted octanol–water partition coefficient (Wildman–Crippen LogP) is 4.20. The van der Waals surface area contributed by atoms with Crippen LogP contribution in [-0.4, -0.2) is 6.54 Å². The Morgan fingerprint density at radius 1 is 1.16 bits per heavy atom. The van der Waals surface area contributed by atoms with E-state index in [-0.39, 0.29) is 5.82 Å². The lowest BCUT2D eigenvalue weighted by Crippen LogP contribution is -2.22. The van der Waals surface area contributed by atoms with Gasteiger partial charge in [0.15, 0.2) is 0 Å². The van der Waals surface area contributed by atoms with Crippen LogP contribution in [-0.2, 0) is 6.54 Å². The van der Waals surface area contributed by atoms with E-state index in [1.54, 1.807) is 6.07 Å². The molecule has 0 fully saturated rings. The first kappa shape index (κ1) is 13.9. The molecule has 100 valence electrons. The van der Waals surface area contributed by atoms with E-state index in [9.17, 15) is 4.39 Å². The minimum atomic E-state index is -0.183. The molecule has 19 heavy (non-hydrogen) atoms. The Kier molecular flexibility index (Phi) is 4.43. The molecule has 2 rings (SSSR count). The van der Waals surface area contributed by atoms with Crippen LogP contribution in [0.25, 0.3) is 0 Å². The topological polar surface area (TPSA) is 29.3 Å². The molecule has 4 heteroatoms. The molecule has 2 nitrogen and oxygen atoms in total. The second kappa shape index (κ2) is 6.06. The summed E-state index contributed by atoms with van der Waals surface area (Å²) in [6.45, 7) is 3.38. The van der Waals surface area contributed by atoms with Gasteiger partial charge in [0.1, 0.15) is 5.82 Å². The van der Waals surface area contributed by atoms with E-state index >= 15 is 0 Å². The molecular weight excluding hydrogens is 307 g/mol. The molecule has 2 N–H and O–H groups in total. The van der Waals surface area contributed by atoms with Crippen LogP contribution in [0.3, 0.4) is 0 Å². The highest BCUT2D eigenvalue weighted by atomic mass is 79.9. The summed E-state index contributed by atoms with van der Waals surface area (Å²) in [6, 6.07) is 12.6. The summed E-state index contributed by atoms with van der Waals surface area (Å²) >= 11 is 3.37. The van der Waals surface area contributed by atoms with Crippen molar-refractivity contribution in [3.8, 4) is 0 Å². The Morgan fingerprint density at radius 2 is 1.84 bits per heavy atom. The number of anilines is 2. The molecule has 0 atom stereocenters. The lowest BCUT2D eigenvalue weighted by atomic mass is 10.2. The molecule has 0 aliphatic carbocycles. The monoisotopic (exact) mass is 322 g/mol. The molecule has 0 bridgehead atoms. The lowest BCUT2D eigenvalue weighted by Gasteiger charge is -2.23. The highest BCUT2D eigenvalue weighted by Gasteiger charge is 2.09. The SMILES string of the molecule is CCN(Cc1cc(Br)ccc1F)c1ccc(N)cc1. The Morgan fingerprint density at radius 3 is 2.47 bits per heavy atom. The zero-order valence-corrected chi connectivity index (χ0v) is 12.3. The summed E-state index contributed by atoms with van der Waals surface area (Å²) in [5.74, 6) is -0.183. The lowest BCUT2D eigenvalue weighted by molar-refractivity contribution is 0.605. The fourth-order valence-corrected chi connectivity index (χ4v) is 2.35. The fraction of sp³-hybridized carbons (Fsp3) is 0.200. The van der Waals surface area contributed by atoms with E-state index in [1.165, 1.54) is 6.07 Å². The number of nitrogens with zero attached hydrogens (tertiary/aromatic N) is 1. The molecule has 2 aromatic rings. The van der Waals surface area contributed by atoms with Crippen LogP contribution >= 0.6 is 15.9 Å². The van der Waals surface area contributed by atoms with E-state index in [1.807, 2.05) is 37.3 Å². The summed E-state index contributed by atoms with van der Waals surface area (Å²) in [5.41, 5.74) is 8.12. The van der Waals surface area contributed by atoms with Gasteiger partial charge in [-0.2, -0.15) is 0 Å². The van der Waals surface area contributed by atoms with Crippen molar-refractivity contribution in [3.05, 3.63) is 58.3 Å². The zero-order valence-electron chi connectivity index (χ0n) is 10.7. The van der Waals surface area contributed by atoms with Gasteiger partial charge >= 0.3 is 0 Å². The number of nitrogen functional groups attached to an aromatic ring is 1. The molecule has 0 saturated carbocycles. The van der Waals surface area contributed by atoms with Gasteiger partial charge in [0, 0.05) is 34.5 Å². The second-order valence-electron chi connectivity index (χ2n) is 4.34. The van der Waals surface area contributed by atoms with Gasteiger partial charge in [0.05, 0.1) is 0 Å². The quantitative estimate of drug-likeness (QED) is 0.855. The fourth-order valence-electron chi connectivity index (χ4n) is 1.94. The summed E-state index contributed by atoms with van der Waals surface area (Å²) in [7, 11) is 0. The Balaban J connectivity index is 2.23. The maximum Gasteiger partial charge on any atom is 0.128 e. The highest BCUT2D eigenvalue weighted by molar-refractivity contribution is 9.10. The molecule has 0 amide bonds. The van der Waals surface area contributed by atoms with Crippen molar-refractivity contribution in [3.63, 3.8) is 0 Å². The standard InChI is InChI=1S/C15H16BrFN2/c1-2-19(14-6-4-13(18)5-7-14)10-11-9-12(16)3-8-15(11)17/h3-9H,2,10,18H2,1H3. The van der Waals surface area contributed by atoms with Gasteiger partial charge in [-0.25, -0.2) is 4.39 Å². The highest BCUT2D eigenvalue weighted by Crippen LogP contribution is 2.22. The third-order valence-electron chi connectivity index (χ3n) is 3.01. The smallest absolute Gasteiger partial charge is 0.128 e. The van der Waals surface area contributed by atoms with Crippen LogP contribution in [0.2, 0.25) is 0 Å². The van der Waals surface area contributed by atoms with Crippen LogP contribution in [0.4, 0.5) is 15.8 Å². The van der Waals surface area contributed by atoms with E-state index in [4.69, 9.17) is 5.73 Å². The summed E-state index contributed by atoms with van der Waals surface area (Å²) < 4.78 is 14.7. The van der Waals surface area contributed by atoms with Crippen LogP contribution in [0.1, 0.15) is 12.5 Å². The molecule has 0 saturated heterocycles. The van der Waals surface area contributed by atoms with Crippen LogP contribution < -0.4 is 10.6 Å². The van der Waals surface area contributed by atoms with Gasteiger partial charge in [-0.1, -0.05) is 15.9 Å². The summed E-state index contributed by atoms with van der Waals surface area (Å²) in [4.78, 5) is 2.10. The molecule has 0 unspecified atom stereocenters. The van der Waals surface area contributed by atoms with Crippen LogP contribution in [0, 0.1) is 5.82 Å². The molecule has 0 heterocycles. The molecular formula is C15H16BrFN2. The third kappa shape index (κ3) is 3.47. The zero-order chi connectivity index (χ0) is 13.8. The van der Waals surface area contributed by atoms with Crippen molar-refractivity contribution in [1.82, 2.24) is 0 Å². The largest absolute Gasteiger partial charge is 0.399 e. The molecule has 0 spiro atoms.